The zero-order chi connectivity index (χ0) is 16.8. The second kappa shape index (κ2) is 7.68. The number of ether oxygens (including phenoxy) is 2. The second-order valence-electron chi connectivity index (χ2n) is 5.59. The Kier molecular flexibility index (Phi) is 5.63. The van der Waals surface area contributed by atoms with Gasteiger partial charge in [-0.1, -0.05) is 35.9 Å². The molecule has 0 aliphatic carbocycles. The summed E-state index contributed by atoms with van der Waals surface area (Å²) < 4.78 is 10.7. The minimum absolute atomic E-state index is 0.0461. The third-order valence-corrected chi connectivity index (χ3v) is 3.71. The van der Waals surface area contributed by atoms with Crippen LogP contribution >= 0.6 is 0 Å². The predicted octanol–water partition coefficient (Wildman–Crippen LogP) is 3.57. The van der Waals surface area contributed by atoms with Crippen LogP contribution in [0.25, 0.3) is 0 Å². The lowest BCUT2D eigenvalue weighted by Crippen LogP contribution is -2.31. The molecule has 0 aliphatic rings. The smallest absolute Gasteiger partial charge is 0.258 e. The number of benzene rings is 2. The zero-order valence-corrected chi connectivity index (χ0v) is 14.1. The number of para-hydroxylation sites is 2. The molecule has 1 atom stereocenters. The van der Waals surface area contributed by atoms with Crippen LogP contribution in [0, 0.1) is 13.8 Å². The van der Waals surface area contributed by atoms with Gasteiger partial charge in [-0.2, -0.15) is 0 Å². The number of carbonyl (C=O) groups is 1. The molecule has 0 saturated carbocycles. The topological polar surface area (TPSA) is 47.6 Å². The molecule has 0 spiro atoms. The van der Waals surface area contributed by atoms with Crippen LogP contribution in [0.2, 0.25) is 0 Å². The zero-order valence-electron chi connectivity index (χ0n) is 14.1. The van der Waals surface area contributed by atoms with Gasteiger partial charge in [0.1, 0.15) is 0 Å². The summed E-state index contributed by atoms with van der Waals surface area (Å²) in [6, 6.07) is 13.4. The largest absolute Gasteiger partial charge is 0.493 e. The fourth-order valence-corrected chi connectivity index (χ4v) is 2.47. The first-order chi connectivity index (χ1) is 11.0. The summed E-state index contributed by atoms with van der Waals surface area (Å²) in [6.45, 7) is 6.02. The summed E-state index contributed by atoms with van der Waals surface area (Å²) in [7, 11) is 1.57. The maximum atomic E-state index is 12.1. The molecule has 1 amide bonds. The first-order valence-corrected chi connectivity index (χ1v) is 7.63. The Bertz CT molecular complexity index is 682. The maximum Gasteiger partial charge on any atom is 0.258 e. The van der Waals surface area contributed by atoms with Gasteiger partial charge in [0.05, 0.1) is 13.2 Å². The normalized spacial score (nSPS) is 11.7. The summed E-state index contributed by atoms with van der Waals surface area (Å²) >= 11 is 0. The van der Waals surface area contributed by atoms with E-state index in [4.69, 9.17) is 9.47 Å². The molecule has 0 aromatic heterocycles. The summed E-state index contributed by atoms with van der Waals surface area (Å²) in [5.41, 5.74) is 3.46. The third-order valence-electron chi connectivity index (χ3n) is 3.71. The average Bonchev–Trinajstić information content (AvgIpc) is 2.55. The van der Waals surface area contributed by atoms with Crippen molar-refractivity contribution < 1.29 is 14.3 Å². The Balaban J connectivity index is 1.95. The fraction of sp³-hybridized carbons (Fsp3) is 0.316. The number of hydrogen-bond donors (Lipinski definition) is 1. The molecule has 23 heavy (non-hydrogen) atoms. The highest BCUT2D eigenvalue weighted by Gasteiger charge is 2.13. The van der Waals surface area contributed by atoms with E-state index >= 15 is 0 Å². The number of methoxy groups -OCH3 is 1. The third kappa shape index (κ3) is 4.49. The van der Waals surface area contributed by atoms with Crippen LogP contribution in [0.3, 0.4) is 0 Å². The van der Waals surface area contributed by atoms with E-state index in [0.29, 0.717) is 11.5 Å². The van der Waals surface area contributed by atoms with Crippen LogP contribution in [0.4, 0.5) is 0 Å². The second-order valence-corrected chi connectivity index (χ2v) is 5.59. The van der Waals surface area contributed by atoms with Crippen molar-refractivity contribution in [2.75, 3.05) is 13.7 Å². The number of rotatable bonds is 6. The molecular weight excluding hydrogens is 290 g/mol. The van der Waals surface area contributed by atoms with Crippen LogP contribution < -0.4 is 14.8 Å². The van der Waals surface area contributed by atoms with E-state index in [1.165, 1.54) is 5.56 Å². The highest BCUT2D eigenvalue weighted by Crippen LogP contribution is 2.25. The maximum absolute atomic E-state index is 12.1. The number of nitrogens with one attached hydrogen (secondary N) is 1. The number of amides is 1. The Morgan fingerprint density at radius 1 is 1.13 bits per heavy atom. The predicted molar refractivity (Wildman–Crippen MR) is 91.0 cm³/mol. The molecule has 0 heterocycles. The quantitative estimate of drug-likeness (QED) is 0.887. The van der Waals surface area contributed by atoms with Gasteiger partial charge in [0.2, 0.25) is 0 Å². The average molecular weight is 313 g/mol. The first kappa shape index (κ1) is 16.9. The monoisotopic (exact) mass is 313 g/mol. The molecule has 0 bridgehead atoms. The lowest BCUT2D eigenvalue weighted by molar-refractivity contribution is -0.123. The molecule has 0 unspecified atom stereocenters. The SMILES string of the molecule is COc1ccccc1OCC(=O)N[C@H](C)c1cc(C)ccc1C. The number of hydrogen-bond acceptors (Lipinski definition) is 3. The van der Waals surface area contributed by atoms with E-state index in [2.05, 4.69) is 23.5 Å². The lowest BCUT2D eigenvalue weighted by atomic mass is 10.00. The van der Waals surface area contributed by atoms with Crippen LogP contribution in [0.15, 0.2) is 42.5 Å². The minimum atomic E-state index is -0.163. The Morgan fingerprint density at radius 2 is 1.83 bits per heavy atom. The lowest BCUT2D eigenvalue weighted by Gasteiger charge is -2.18. The van der Waals surface area contributed by atoms with E-state index in [1.807, 2.05) is 32.9 Å². The molecule has 4 nitrogen and oxygen atoms in total. The summed E-state index contributed by atoms with van der Waals surface area (Å²) in [4.78, 5) is 12.1. The Morgan fingerprint density at radius 3 is 2.52 bits per heavy atom. The number of aryl methyl sites for hydroxylation is 2. The van der Waals surface area contributed by atoms with Crippen molar-refractivity contribution in [3.8, 4) is 11.5 Å². The van der Waals surface area contributed by atoms with E-state index in [-0.39, 0.29) is 18.6 Å². The van der Waals surface area contributed by atoms with Gasteiger partial charge in [-0.3, -0.25) is 4.79 Å². The molecule has 2 aromatic carbocycles. The van der Waals surface area contributed by atoms with Gasteiger partial charge in [-0.05, 0) is 44.0 Å². The van der Waals surface area contributed by atoms with E-state index < -0.39 is 0 Å². The molecule has 0 radical (unpaired) electrons. The first-order valence-electron chi connectivity index (χ1n) is 7.63. The van der Waals surface area contributed by atoms with Crippen molar-refractivity contribution >= 4 is 5.91 Å². The van der Waals surface area contributed by atoms with Gasteiger partial charge in [0.15, 0.2) is 18.1 Å². The molecule has 0 fully saturated rings. The minimum Gasteiger partial charge on any atom is -0.493 e. The van der Waals surface area contributed by atoms with Gasteiger partial charge >= 0.3 is 0 Å². The summed E-state index contributed by atoms with van der Waals surface area (Å²) in [5, 5.41) is 2.97. The number of carbonyl (C=O) groups excluding carboxylic acids is 1. The van der Waals surface area contributed by atoms with Crippen LogP contribution in [-0.2, 0) is 4.79 Å². The van der Waals surface area contributed by atoms with Crippen molar-refractivity contribution in [3.05, 3.63) is 59.2 Å². The molecule has 122 valence electrons. The molecule has 2 rings (SSSR count). The van der Waals surface area contributed by atoms with Crippen LogP contribution in [0.5, 0.6) is 11.5 Å². The van der Waals surface area contributed by atoms with Crippen LogP contribution in [0.1, 0.15) is 29.7 Å². The van der Waals surface area contributed by atoms with Crippen LogP contribution in [-0.4, -0.2) is 19.6 Å². The molecule has 0 saturated heterocycles. The van der Waals surface area contributed by atoms with Crippen molar-refractivity contribution in [1.82, 2.24) is 5.32 Å². The highest BCUT2D eigenvalue weighted by atomic mass is 16.5. The summed E-state index contributed by atoms with van der Waals surface area (Å²) in [5.74, 6) is 1.01. The Labute approximate surface area is 137 Å². The van der Waals surface area contributed by atoms with Crippen molar-refractivity contribution in [3.63, 3.8) is 0 Å². The van der Waals surface area contributed by atoms with Crippen molar-refractivity contribution in [1.29, 1.82) is 0 Å². The fourth-order valence-electron chi connectivity index (χ4n) is 2.47. The molecule has 2 aromatic rings. The van der Waals surface area contributed by atoms with Gasteiger partial charge in [0.25, 0.3) is 5.91 Å². The van der Waals surface area contributed by atoms with E-state index in [0.717, 1.165) is 11.1 Å². The summed E-state index contributed by atoms with van der Waals surface area (Å²) in [6.07, 6.45) is 0. The van der Waals surface area contributed by atoms with Gasteiger partial charge < -0.3 is 14.8 Å². The van der Waals surface area contributed by atoms with Crippen molar-refractivity contribution in [2.24, 2.45) is 0 Å². The van der Waals surface area contributed by atoms with E-state index in [1.54, 1.807) is 19.2 Å². The Hall–Kier alpha value is -2.49. The van der Waals surface area contributed by atoms with Crippen molar-refractivity contribution in [2.45, 2.75) is 26.8 Å². The van der Waals surface area contributed by atoms with Gasteiger partial charge in [-0.25, -0.2) is 0 Å². The standard InChI is InChI=1S/C19H23NO3/c1-13-9-10-14(2)16(11-13)15(3)20-19(21)12-23-18-8-6-5-7-17(18)22-4/h5-11,15H,12H2,1-4H3,(H,20,21)/t15-/m1/s1. The van der Waals surface area contributed by atoms with E-state index in [9.17, 15) is 4.79 Å². The van der Waals surface area contributed by atoms with Gasteiger partial charge in [0, 0.05) is 0 Å². The molecule has 4 heteroatoms. The van der Waals surface area contributed by atoms with Gasteiger partial charge in [-0.15, -0.1) is 0 Å². The molecular formula is C19H23NO3. The molecule has 1 N–H and O–H groups in total. The highest BCUT2D eigenvalue weighted by molar-refractivity contribution is 5.78. The molecule has 0 aliphatic heterocycles.